The summed E-state index contributed by atoms with van der Waals surface area (Å²) in [5, 5.41) is 18.2. The summed E-state index contributed by atoms with van der Waals surface area (Å²) in [7, 11) is 0. The molecule has 3 saturated carbocycles. The minimum Gasteiger partial charge on any atom is -0.411 e. The SMILES string of the molecule is O/N=C1/[C@@H]2CC[C@H]1C[C@H](OCc1c(-c3c(Cl)cccc3Cl)noc1C1CC1)C2. The number of rotatable bonds is 5. The van der Waals surface area contributed by atoms with Crippen LogP contribution in [0.15, 0.2) is 27.9 Å². The van der Waals surface area contributed by atoms with Crippen molar-refractivity contribution in [3.05, 3.63) is 39.6 Å². The molecule has 7 heteroatoms. The van der Waals surface area contributed by atoms with Crippen molar-refractivity contribution in [3.63, 3.8) is 0 Å². The lowest BCUT2D eigenvalue weighted by atomic mass is 9.85. The van der Waals surface area contributed by atoms with Gasteiger partial charge >= 0.3 is 0 Å². The van der Waals surface area contributed by atoms with Gasteiger partial charge in [-0.15, -0.1) is 0 Å². The summed E-state index contributed by atoms with van der Waals surface area (Å²) in [6.07, 6.45) is 6.36. The van der Waals surface area contributed by atoms with E-state index in [0.29, 0.717) is 45.7 Å². The van der Waals surface area contributed by atoms with Crippen LogP contribution in [-0.2, 0) is 11.3 Å². The van der Waals surface area contributed by atoms with Crippen LogP contribution in [0.4, 0.5) is 0 Å². The quantitative estimate of drug-likeness (QED) is 0.471. The van der Waals surface area contributed by atoms with E-state index in [1.807, 2.05) is 18.2 Å². The lowest BCUT2D eigenvalue weighted by molar-refractivity contribution is 0.0168. The normalized spacial score (nSPS) is 28.2. The van der Waals surface area contributed by atoms with Gasteiger partial charge in [-0.25, -0.2) is 0 Å². The molecule has 2 aromatic rings. The molecular weight excluding hydrogens is 399 g/mol. The molecule has 0 radical (unpaired) electrons. The highest BCUT2D eigenvalue weighted by Gasteiger charge is 2.41. The van der Waals surface area contributed by atoms with E-state index >= 15 is 0 Å². The van der Waals surface area contributed by atoms with Crippen LogP contribution in [0.25, 0.3) is 11.3 Å². The van der Waals surface area contributed by atoms with Crippen LogP contribution in [0, 0.1) is 11.8 Å². The van der Waals surface area contributed by atoms with Crippen LogP contribution < -0.4 is 0 Å². The van der Waals surface area contributed by atoms with E-state index in [-0.39, 0.29) is 6.10 Å². The van der Waals surface area contributed by atoms with Crippen LogP contribution >= 0.6 is 23.2 Å². The smallest absolute Gasteiger partial charge is 0.145 e. The number of oxime groups is 1. The Bertz CT molecular complexity index is 886. The number of hydrogen-bond donors (Lipinski definition) is 1. The van der Waals surface area contributed by atoms with E-state index in [2.05, 4.69) is 10.3 Å². The van der Waals surface area contributed by atoms with E-state index in [9.17, 15) is 5.21 Å². The van der Waals surface area contributed by atoms with Gasteiger partial charge in [0.1, 0.15) is 11.5 Å². The molecule has 0 saturated heterocycles. The summed E-state index contributed by atoms with van der Waals surface area (Å²) in [4.78, 5) is 0. The predicted octanol–water partition coefficient (Wildman–Crippen LogP) is 6.06. The molecule has 0 spiro atoms. The summed E-state index contributed by atoms with van der Waals surface area (Å²) in [6, 6.07) is 5.45. The lowest BCUT2D eigenvalue weighted by Gasteiger charge is -2.28. The summed E-state index contributed by atoms with van der Waals surface area (Å²) < 4.78 is 12.1. The zero-order chi connectivity index (χ0) is 19.3. The van der Waals surface area contributed by atoms with Crippen molar-refractivity contribution < 1.29 is 14.5 Å². The fraction of sp³-hybridized carbons (Fsp3) is 0.524. The maximum absolute atomic E-state index is 9.26. The standard InChI is InChI=1S/C21H22Cl2N2O3/c22-16-2-1-3-17(23)18(16)20-15(21(28-25-20)11-4-5-11)10-27-14-8-12-6-7-13(9-14)19(12)24-26/h1-3,11-14,26H,4-10H2/b24-19-/t12-,13+,14-/m1/s1. The average Bonchev–Trinajstić information content (AvgIpc) is 3.39. The van der Waals surface area contributed by atoms with Crippen molar-refractivity contribution in [3.8, 4) is 11.3 Å². The molecule has 3 aliphatic rings. The minimum absolute atomic E-state index is 0.152. The molecule has 3 aliphatic carbocycles. The van der Waals surface area contributed by atoms with Crippen molar-refractivity contribution in [1.29, 1.82) is 0 Å². The highest BCUT2D eigenvalue weighted by molar-refractivity contribution is 6.39. The molecule has 0 aliphatic heterocycles. The van der Waals surface area contributed by atoms with E-state index in [1.165, 1.54) is 0 Å². The maximum atomic E-state index is 9.26. The number of fused-ring (bicyclic) bond motifs is 2. The Morgan fingerprint density at radius 3 is 2.32 bits per heavy atom. The van der Waals surface area contributed by atoms with Crippen LogP contribution in [0.3, 0.4) is 0 Å². The van der Waals surface area contributed by atoms with Gasteiger partial charge in [0.05, 0.1) is 28.5 Å². The molecule has 3 atom stereocenters. The van der Waals surface area contributed by atoms with Gasteiger partial charge in [0.15, 0.2) is 0 Å². The molecule has 1 N–H and O–H groups in total. The molecule has 1 aromatic heterocycles. The van der Waals surface area contributed by atoms with Gasteiger partial charge < -0.3 is 14.5 Å². The molecule has 0 amide bonds. The summed E-state index contributed by atoms with van der Waals surface area (Å²) in [5.74, 6) is 2.01. The Kier molecular flexibility index (Phi) is 4.85. The maximum Gasteiger partial charge on any atom is 0.145 e. The first-order valence-corrected chi connectivity index (χ1v) is 10.7. The minimum atomic E-state index is 0.152. The van der Waals surface area contributed by atoms with Gasteiger partial charge in [0.25, 0.3) is 0 Å². The van der Waals surface area contributed by atoms with Crippen LogP contribution in [0.1, 0.15) is 55.8 Å². The predicted molar refractivity (Wildman–Crippen MR) is 107 cm³/mol. The van der Waals surface area contributed by atoms with Crippen molar-refractivity contribution in [1.82, 2.24) is 5.16 Å². The Hall–Kier alpha value is -1.56. The van der Waals surface area contributed by atoms with E-state index in [1.54, 1.807) is 0 Å². The lowest BCUT2D eigenvalue weighted by Crippen LogP contribution is -2.31. The largest absolute Gasteiger partial charge is 0.411 e. The van der Waals surface area contributed by atoms with E-state index in [0.717, 1.165) is 55.6 Å². The van der Waals surface area contributed by atoms with Crippen LogP contribution in [-0.4, -0.2) is 22.2 Å². The van der Waals surface area contributed by atoms with Crippen LogP contribution in [0.2, 0.25) is 10.0 Å². The van der Waals surface area contributed by atoms with Gasteiger partial charge in [-0.05, 0) is 50.7 Å². The number of halogens is 2. The first kappa shape index (κ1) is 18.5. The van der Waals surface area contributed by atoms with Gasteiger partial charge in [0.2, 0.25) is 0 Å². The topological polar surface area (TPSA) is 67.9 Å². The number of hydrogen-bond acceptors (Lipinski definition) is 5. The molecule has 1 aromatic carbocycles. The zero-order valence-corrected chi connectivity index (χ0v) is 16.9. The average molecular weight is 421 g/mol. The molecule has 1 heterocycles. The highest BCUT2D eigenvalue weighted by Crippen LogP contribution is 2.47. The van der Waals surface area contributed by atoms with Gasteiger partial charge in [0, 0.05) is 28.9 Å². The third kappa shape index (κ3) is 3.23. The molecule has 28 heavy (non-hydrogen) atoms. The number of aromatic nitrogens is 1. The summed E-state index contributed by atoms with van der Waals surface area (Å²) >= 11 is 12.8. The van der Waals surface area contributed by atoms with Crippen molar-refractivity contribution in [2.75, 3.05) is 0 Å². The van der Waals surface area contributed by atoms with Crippen LogP contribution in [0.5, 0.6) is 0 Å². The number of benzene rings is 1. The first-order chi connectivity index (χ1) is 13.7. The Morgan fingerprint density at radius 2 is 1.71 bits per heavy atom. The molecule has 148 valence electrons. The van der Waals surface area contributed by atoms with Gasteiger partial charge in [-0.3, -0.25) is 0 Å². The summed E-state index contributed by atoms with van der Waals surface area (Å²) in [5.41, 5.74) is 3.32. The second kappa shape index (κ2) is 7.36. The fourth-order valence-corrected chi connectivity index (χ4v) is 5.36. The third-order valence-corrected chi connectivity index (χ3v) is 6.97. The zero-order valence-electron chi connectivity index (χ0n) is 15.4. The second-order valence-electron chi connectivity index (χ2n) is 8.15. The molecule has 5 rings (SSSR count). The molecule has 2 bridgehead atoms. The van der Waals surface area contributed by atoms with Gasteiger partial charge in [-0.2, -0.15) is 0 Å². The van der Waals surface area contributed by atoms with E-state index < -0.39 is 0 Å². The molecular formula is C21H22Cl2N2O3. The molecule has 0 unspecified atom stereocenters. The highest BCUT2D eigenvalue weighted by atomic mass is 35.5. The fourth-order valence-electron chi connectivity index (χ4n) is 4.79. The number of nitrogens with zero attached hydrogens (tertiary/aromatic N) is 2. The first-order valence-electron chi connectivity index (χ1n) is 9.92. The van der Waals surface area contributed by atoms with Gasteiger partial charge in [-0.1, -0.05) is 39.6 Å². The Labute approximate surface area is 173 Å². The van der Waals surface area contributed by atoms with Crippen molar-refractivity contribution >= 4 is 28.9 Å². The summed E-state index contributed by atoms with van der Waals surface area (Å²) in [6.45, 7) is 0.432. The monoisotopic (exact) mass is 420 g/mol. The number of ether oxygens (including phenoxy) is 1. The van der Waals surface area contributed by atoms with E-state index in [4.69, 9.17) is 32.5 Å². The molecule has 5 nitrogen and oxygen atoms in total. The molecule has 3 fully saturated rings. The Balaban J connectivity index is 1.40. The Morgan fingerprint density at radius 1 is 1.07 bits per heavy atom. The van der Waals surface area contributed by atoms with Crippen molar-refractivity contribution in [2.24, 2.45) is 17.0 Å². The second-order valence-corrected chi connectivity index (χ2v) is 8.96. The van der Waals surface area contributed by atoms with Crippen molar-refractivity contribution in [2.45, 2.75) is 57.2 Å². The third-order valence-electron chi connectivity index (χ3n) is 6.34.